The van der Waals surface area contributed by atoms with Crippen LogP contribution < -0.4 is 11.5 Å². The molecule has 0 amide bonds. The minimum atomic E-state index is 0.1000. The SMILES string of the molecule is NCc1ccc(N)c(O)c1. The van der Waals surface area contributed by atoms with E-state index in [0.29, 0.717) is 12.2 Å². The van der Waals surface area contributed by atoms with E-state index < -0.39 is 0 Å². The fourth-order valence-corrected chi connectivity index (χ4v) is 0.716. The Morgan fingerprint density at radius 2 is 2.10 bits per heavy atom. The molecule has 0 bridgehead atoms. The number of hydrogen-bond acceptors (Lipinski definition) is 3. The molecule has 3 heteroatoms. The predicted octanol–water partition coefficient (Wildman–Crippen LogP) is 0.433. The number of rotatable bonds is 1. The monoisotopic (exact) mass is 138 g/mol. The third-order valence-corrected chi connectivity index (χ3v) is 1.33. The van der Waals surface area contributed by atoms with E-state index in [0.717, 1.165) is 5.56 Å². The van der Waals surface area contributed by atoms with Crippen molar-refractivity contribution in [3.05, 3.63) is 23.8 Å². The molecule has 3 nitrogen and oxygen atoms in total. The molecule has 0 heterocycles. The highest BCUT2D eigenvalue weighted by atomic mass is 16.3. The van der Waals surface area contributed by atoms with Gasteiger partial charge in [-0.1, -0.05) is 6.07 Å². The number of phenols is 1. The first-order valence-corrected chi connectivity index (χ1v) is 3.01. The highest BCUT2D eigenvalue weighted by molar-refractivity contribution is 5.52. The third kappa shape index (κ3) is 1.19. The Kier molecular flexibility index (Phi) is 1.78. The van der Waals surface area contributed by atoms with E-state index in [9.17, 15) is 0 Å². The first-order chi connectivity index (χ1) is 4.74. The van der Waals surface area contributed by atoms with E-state index >= 15 is 0 Å². The summed E-state index contributed by atoms with van der Waals surface area (Å²) in [5.74, 6) is 0.1000. The van der Waals surface area contributed by atoms with Crippen molar-refractivity contribution in [2.45, 2.75) is 6.54 Å². The van der Waals surface area contributed by atoms with Gasteiger partial charge in [0.15, 0.2) is 0 Å². The number of nitrogen functional groups attached to an aromatic ring is 1. The zero-order chi connectivity index (χ0) is 7.56. The first-order valence-electron chi connectivity index (χ1n) is 3.01. The van der Waals surface area contributed by atoms with E-state index in [4.69, 9.17) is 16.6 Å². The van der Waals surface area contributed by atoms with Gasteiger partial charge < -0.3 is 16.6 Å². The molecule has 0 aromatic heterocycles. The second-order valence-corrected chi connectivity index (χ2v) is 2.10. The van der Waals surface area contributed by atoms with Crippen LogP contribution in [-0.4, -0.2) is 5.11 Å². The van der Waals surface area contributed by atoms with Crippen LogP contribution >= 0.6 is 0 Å². The topological polar surface area (TPSA) is 72.3 Å². The van der Waals surface area contributed by atoms with Crippen molar-refractivity contribution < 1.29 is 5.11 Å². The van der Waals surface area contributed by atoms with Crippen molar-refractivity contribution in [3.8, 4) is 5.75 Å². The average Bonchev–Trinajstić information content (AvgIpc) is 1.95. The van der Waals surface area contributed by atoms with E-state index in [1.807, 2.05) is 0 Å². The molecular weight excluding hydrogens is 128 g/mol. The molecule has 0 saturated heterocycles. The number of phenolic OH excluding ortho intramolecular Hbond substituents is 1. The van der Waals surface area contributed by atoms with Crippen LogP contribution in [0.1, 0.15) is 5.56 Å². The van der Waals surface area contributed by atoms with E-state index in [1.165, 1.54) is 0 Å². The van der Waals surface area contributed by atoms with Crippen molar-refractivity contribution >= 4 is 5.69 Å². The molecule has 0 aliphatic heterocycles. The first kappa shape index (κ1) is 6.89. The lowest BCUT2D eigenvalue weighted by atomic mass is 10.2. The zero-order valence-electron chi connectivity index (χ0n) is 5.54. The Labute approximate surface area is 59.3 Å². The smallest absolute Gasteiger partial charge is 0.138 e. The van der Waals surface area contributed by atoms with Gasteiger partial charge in [0.05, 0.1) is 5.69 Å². The molecule has 0 saturated carbocycles. The van der Waals surface area contributed by atoms with Crippen LogP contribution in [0.15, 0.2) is 18.2 Å². The molecule has 5 N–H and O–H groups in total. The summed E-state index contributed by atoms with van der Waals surface area (Å²) in [5, 5.41) is 9.05. The van der Waals surface area contributed by atoms with Gasteiger partial charge in [-0.2, -0.15) is 0 Å². The standard InChI is InChI=1S/C7H10N2O/c8-4-5-1-2-6(9)7(10)3-5/h1-3,10H,4,8-9H2. The van der Waals surface area contributed by atoms with Crippen molar-refractivity contribution in [1.82, 2.24) is 0 Å². The molecule has 1 aromatic carbocycles. The van der Waals surface area contributed by atoms with Crippen LogP contribution in [0, 0.1) is 0 Å². The largest absolute Gasteiger partial charge is 0.506 e. The molecule has 0 aliphatic rings. The van der Waals surface area contributed by atoms with Gasteiger partial charge in [0, 0.05) is 6.54 Å². The molecule has 0 spiro atoms. The third-order valence-electron chi connectivity index (χ3n) is 1.33. The Morgan fingerprint density at radius 3 is 2.60 bits per heavy atom. The number of nitrogens with two attached hydrogens (primary N) is 2. The fourth-order valence-electron chi connectivity index (χ4n) is 0.716. The van der Waals surface area contributed by atoms with Gasteiger partial charge in [-0.3, -0.25) is 0 Å². The lowest BCUT2D eigenvalue weighted by Gasteiger charge is -1.99. The Morgan fingerprint density at radius 1 is 1.40 bits per heavy atom. The van der Waals surface area contributed by atoms with Crippen molar-refractivity contribution in [3.63, 3.8) is 0 Å². The Bertz CT molecular complexity index is 235. The van der Waals surface area contributed by atoms with Gasteiger partial charge in [0.2, 0.25) is 0 Å². The minimum absolute atomic E-state index is 0.1000. The van der Waals surface area contributed by atoms with Gasteiger partial charge in [-0.25, -0.2) is 0 Å². The second kappa shape index (κ2) is 2.58. The summed E-state index contributed by atoms with van der Waals surface area (Å²) in [6, 6.07) is 4.99. The van der Waals surface area contributed by atoms with E-state index in [1.54, 1.807) is 18.2 Å². The maximum Gasteiger partial charge on any atom is 0.138 e. The minimum Gasteiger partial charge on any atom is -0.506 e. The van der Waals surface area contributed by atoms with Crippen LogP contribution in [0.5, 0.6) is 5.75 Å². The zero-order valence-corrected chi connectivity index (χ0v) is 5.54. The summed E-state index contributed by atoms with van der Waals surface area (Å²) in [6.07, 6.45) is 0. The van der Waals surface area contributed by atoms with E-state index in [-0.39, 0.29) is 5.75 Å². The molecule has 1 aromatic rings. The molecule has 10 heavy (non-hydrogen) atoms. The quantitative estimate of drug-likeness (QED) is 0.389. The summed E-state index contributed by atoms with van der Waals surface area (Å²) < 4.78 is 0. The van der Waals surface area contributed by atoms with Crippen molar-refractivity contribution in [2.24, 2.45) is 5.73 Å². The van der Waals surface area contributed by atoms with Crippen LogP contribution in [0.2, 0.25) is 0 Å². The number of benzene rings is 1. The average molecular weight is 138 g/mol. The lowest BCUT2D eigenvalue weighted by molar-refractivity contribution is 0.477. The molecule has 0 aliphatic carbocycles. The lowest BCUT2D eigenvalue weighted by Crippen LogP contribution is -1.96. The molecule has 1 rings (SSSR count). The maximum atomic E-state index is 9.05. The second-order valence-electron chi connectivity index (χ2n) is 2.10. The van der Waals surface area contributed by atoms with Gasteiger partial charge in [0.1, 0.15) is 5.75 Å². The maximum absolute atomic E-state index is 9.05. The predicted molar refractivity (Wildman–Crippen MR) is 40.4 cm³/mol. The molecule has 0 radical (unpaired) electrons. The number of anilines is 1. The molecule has 0 atom stereocenters. The van der Waals surface area contributed by atoms with E-state index in [2.05, 4.69) is 0 Å². The van der Waals surface area contributed by atoms with Gasteiger partial charge in [0.25, 0.3) is 0 Å². The van der Waals surface area contributed by atoms with Crippen molar-refractivity contribution in [2.75, 3.05) is 5.73 Å². The van der Waals surface area contributed by atoms with Crippen LogP contribution in [0.25, 0.3) is 0 Å². The van der Waals surface area contributed by atoms with Gasteiger partial charge in [-0.15, -0.1) is 0 Å². The van der Waals surface area contributed by atoms with Gasteiger partial charge in [-0.05, 0) is 17.7 Å². The van der Waals surface area contributed by atoms with Crippen LogP contribution in [0.3, 0.4) is 0 Å². The molecular formula is C7H10N2O. The van der Waals surface area contributed by atoms with Crippen LogP contribution in [0.4, 0.5) is 5.69 Å². The number of aromatic hydroxyl groups is 1. The molecule has 54 valence electrons. The molecule has 0 unspecified atom stereocenters. The highest BCUT2D eigenvalue weighted by Crippen LogP contribution is 2.19. The summed E-state index contributed by atoms with van der Waals surface area (Å²) in [5.41, 5.74) is 11.9. The van der Waals surface area contributed by atoms with Crippen molar-refractivity contribution in [1.29, 1.82) is 0 Å². The number of hydrogen-bond donors (Lipinski definition) is 3. The summed E-state index contributed by atoms with van der Waals surface area (Å²) >= 11 is 0. The Hall–Kier alpha value is -1.22. The Balaban J connectivity index is 3.04. The van der Waals surface area contributed by atoms with Gasteiger partial charge >= 0.3 is 0 Å². The highest BCUT2D eigenvalue weighted by Gasteiger charge is 1.95. The fraction of sp³-hybridized carbons (Fsp3) is 0.143. The summed E-state index contributed by atoms with van der Waals surface area (Å²) in [7, 11) is 0. The summed E-state index contributed by atoms with van der Waals surface area (Å²) in [4.78, 5) is 0. The molecule has 0 fully saturated rings. The summed E-state index contributed by atoms with van der Waals surface area (Å²) in [6.45, 7) is 0.424. The van der Waals surface area contributed by atoms with Crippen LogP contribution in [-0.2, 0) is 6.54 Å². The normalized spacial score (nSPS) is 9.70.